The number of nitrogens with zero attached hydrogens (tertiary/aromatic N) is 5. The molecule has 0 spiro atoms. The van der Waals surface area contributed by atoms with E-state index >= 15 is 0 Å². The Bertz CT molecular complexity index is 1350. The summed E-state index contributed by atoms with van der Waals surface area (Å²) in [5.74, 6) is 1.66. The maximum absolute atomic E-state index is 12.4. The molecule has 36 heavy (non-hydrogen) atoms. The second-order valence-electron chi connectivity index (χ2n) is 9.44. The molecule has 4 aromatic rings. The van der Waals surface area contributed by atoms with Gasteiger partial charge in [0.15, 0.2) is 11.6 Å². The molecule has 0 saturated carbocycles. The number of allylic oxidation sites excluding steroid dienone is 1. The largest absolute Gasteiger partial charge is 0.382 e. The fourth-order valence-corrected chi connectivity index (χ4v) is 4.44. The minimum absolute atomic E-state index is 0.164. The van der Waals surface area contributed by atoms with Gasteiger partial charge in [0.25, 0.3) is 0 Å². The molecule has 0 saturated heterocycles. The minimum Gasteiger partial charge on any atom is -0.382 e. The van der Waals surface area contributed by atoms with Gasteiger partial charge in [0.1, 0.15) is 22.4 Å². The Balaban J connectivity index is 1.38. The van der Waals surface area contributed by atoms with Crippen LogP contribution in [0.15, 0.2) is 48.7 Å². The Labute approximate surface area is 213 Å². The number of carbonyl (C=O) groups is 1. The Kier molecular flexibility index (Phi) is 8.31. The number of imidazole rings is 1. The molecule has 1 aromatic carbocycles. The van der Waals surface area contributed by atoms with Crippen molar-refractivity contribution in [2.24, 2.45) is 0 Å². The van der Waals surface area contributed by atoms with Crippen molar-refractivity contribution in [1.82, 2.24) is 19.5 Å². The number of nitrogens with two attached hydrogens (primary N) is 1. The number of pyridine rings is 2. The SMILES string of the molecule is CCCCc1nc2c(N)nc3cccnc3c2n1CCCCCC(=O)/C=C/c1ccc(N(C)C)cc1. The molecule has 0 bridgehead atoms. The van der Waals surface area contributed by atoms with E-state index in [1.54, 1.807) is 12.3 Å². The van der Waals surface area contributed by atoms with Crippen molar-refractivity contribution in [1.29, 1.82) is 0 Å². The molecule has 7 heteroatoms. The first-order valence-electron chi connectivity index (χ1n) is 12.9. The lowest BCUT2D eigenvalue weighted by Gasteiger charge is -2.11. The Morgan fingerprint density at radius 3 is 2.58 bits per heavy atom. The molecule has 4 rings (SSSR count). The van der Waals surface area contributed by atoms with Crippen LogP contribution in [-0.2, 0) is 17.8 Å². The molecule has 0 aliphatic carbocycles. The summed E-state index contributed by atoms with van der Waals surface area (Å²) in [4.78, 5) is 28.4. The van der Waals surface area contributed by atoms with Gasteiger partial charge in [-0.1, -0.05) is 38.0 Å². The number of rotatable bonds is 12. The molecule has 0 unspecified atom stereocenters. The van der Waals surface area contributed by atoms with E-state index in [9.17, 15) is 4.79 Å². The topological polar surface area (TPSA) is 89.9 Å². The third kappa shape index (κ3) is 5.90. The summed E-state index contributed by atoms with van der Waals surface area (Å²) in [6.07, 6.45) is 11.8. The van der Waals surface area contributed by atoms with Crippen molar-refractivity contribution in [3.05, 3.63) is 60.1 Å². The molecule has 0 aliphatic heterocycles. The number of hydrogen-bond donors (Lipinski definition) is 1. The number of nitrogen functional groups attached to an aromatic ring is 1. The molecule has 188 valence electrons. The van der Waals surface area contributed by atoms with E-state index in [4.69, 9.17) is 10.7 Å². The summed E-state index contributed by atoms with van der Waals surface area (Å²) in [5, 5.41) is 0. The molecule has 0 amide bonds. The average molecular weight is 485 g/mol. The van der Waals surface area contributed by atoms with Crippen LogP contribution in [0.4, 0.5) is 11.5 Å². The highest BCUT2D eigenvalue weighted by atomic mass is 16.1. The van der Waals surface area contributed by atoms with Gasteiger partial charge in [-0.3, -0.25) is 9.78 Å². The van der Waals surface area contributed by atoms with Crippen LogP contribution in [0.25, 0.3) is 28.1 Å². The van der Waals surface area contributed by atoms with E-state index in [1.807, 2.05) is 44.4 Å². The van der Waals surface area contributed by atoms with Crippen molar-refractivity contribution < 1.29 is 4.79 Å². The van der Waals surface area contributed by atoms with Gasteiger partial charge in [0.2, 0.25) is 0 Å². The number of unbranched alkanes of at least 4 members (excludes halogenated alkanes) is 3. The number of aromatic nitrogens is 4. The highest BCUT2D eigenvalue weighted by Crippen LogP contribution is 2.28. The zero-order valence-electron chi connectivity index (χ0n) is 21.6. The average Bonchev–Trinajstić information content (AvgIpc) is 3.25. The number of aryl methyl sites for hydroxylation is 2. The molecule has 0 fully saturated rings. The van der Waals surface area contributed by atoms with Gasteiger partial charge in [0, 0.05) is 45.4 Å². The number of benzene rings is 1. The fourth-order valence-electron chi connectivity index (χ4n) is 4.44. The number of anilines is 2. The van der Waals surface area contributed by atoms with Gasteiger partial charge in [-0.2, -0.15) is 0 Å². The number of fused-ring (bicyclic) bond motifs is 3. The van der Waals surface area contributed by atoms with Gasteiger partial charge in [0.05, 0.1) is 5.52 Å². The third-order valence-electron chi connectivity index (χ3n) is 6.47. The molecule has 7 nitrogen and oxygen atoms in total. The van der Waals surface area contributed by atoms with Crippen LogP contribution in [0.1, 0.15) is 56.8 Å². The van der Waals surface area contributed by atoms with Crippen LogP contribution in [0, 0.1) is 0 Å². The van der Waals surface area contributed by atoms with E-state index in [0.717, 1.165) is 84.2 Å². The van der Waals surface area contributed by atoms with Crippen LogP contribution in [0.5, 0.6) is 0 Å². The smallest absolute Gasteiger partial charge is 0.155 e. The van der Waals surface area contributed by atoms with Crippen molar-refractivity contribution in [2.45, 2.75) is 58.4 Å². The predicted molar refractivity (Wildman–Crippen MR) is 149 cm³/mol. The van der Waals surface area contributed by atoms with Crippen molar-refractivity contribution in [3.63, 3.8) is 0 Å². The summed E-state index contributed by atoms with van der Waals surface area (Å²) < 4.78 is 2.28. The normalized spacial score (nSPS) is 11.6. The first-order chi connectivity index (χ1) is 17.5. The molecular weight excluding hydrogens is 448 g/mol. The van der Waals surface area contributed by atoms with Crippen molar-refractivity contribution in [3.8, 4) is 0 Å². The first kappa shape index (κ1) is 25.4. The van der Waals surface area contributed by atoms with Gasteiger partial charge in [-0.15, -0.1) is 0 Å². The van der Waals surface area contributed by atoms with Crippen LogP contribution < -0.4 is 10.6 Å². The Morgan fingerprint density at radius 1 is 1.03 bits per heavy atom. The summed E-state index contributed by atoms with van der Waals surface area (Å²) >= 11 is 0. The first-order valence-corrected chi connectivity index (χ1v) is 12.9. The van der Waals surface area contributed by atoms with E-state index in [1.165, 1.54) is 0 Å². The molecule has 3 aromatic heterocycles. The van der Waals surface area contributed by atoms with Crippen LogP contribution in [-0.4, -0.2) is 39.4 Å². The fraction of sp³-hybridized carbons (Fsp3) is 0.379. The number of ketones is 1. The van der Waals surface area contributed by atoms with Crippen LogP contribution in [0.3, 0.4) is 0 Å². The van der Waals surface area contributed by atoms with E-state index in [0.29, 0.717) is 12.2 Å². The molecular formula is C29H36N6O. The van der Waals surface area contributed by atoms with Crippen LogP contribution >= 0.6 is 0 Å². The number of hydrogen-bond acceptors (Lipinski definition) is 6. The quantitative estimate of drug-likeness (QED) is 0.201. The van der Waals surface area contributed by atoms with Gasteiger partial charge >= 0.3 is 0 Å². The lowest BCUT2D eigenvalue weighted by Crippen LogP contribution is -2.07. The van der Waals surface area contributed by atoms with E-state index < -0.39 is 0 Å². The third-order valence-corrected chi connectivity index (χ3v) is 6.47. The maximum Gasteiger partial charge on any atom is 0.155 e. The van der Waals surface area contributed by atoms with Crippen LogP contribution in [0.2, 0.25) is 0 Å². The lowest BCUT2D eigenvalue weighted by molar-refractivity contribution is -0.114. The summed E-state index contributed by atoms with van der Waals surface area (Å²) in [6, 6.07) is 12.0. The zero-order chi connectivity index (χ0) is 25.5. The standard InChI is InChI=1S/C29H36N6O/c1-4-5-12-25-33-27-28(26-24(32-29(27)30)11-9-19-31-26)35(25)20-8-6-7-10-23(36)18-15-21-13-16-22(17-14-21)34(2)3/h9,11,13-19H,4-8,10,12,20H2,1-3H3,(H2,30,32)/b18-15+. The van der Waals surface area contributed by atoms with E-state index in [-0.39, 0.29) is 5.78 Å². The van der Waals surface area contributed by atoms with E-state index in [2.05, 4.69) is 38.5 Å². The monoisotopic (exact) mass is 484 g/mol. The second kappa shape index (κ2) is 11.8. The highest BCUT2D eigenvalue weighted by Gasteiger charge is 2.17. The molecule has 0 aliphatic rings. The summed E-state index contributed by atoms with van der Waals surface area (Å²) in [7, 11) is 4.03. The van der Waals surface area contributed by atoms with Crippen molar-refractivity contribution in [2.75, 3.05) is 24.7 Å². The van der Waals surface area contributed by atoms with Gasteiger partial charge < -0.3 is 15.2 Å². The maximum atomic E-state index is 12.4. The Morgan fingerprint density at radius 2 is 1.83 bits per heavy atom. The predicted octanol–water partition coefficient (Wildman–Crippen LogP) is 5.81. The second-order valence-corrected chi connectivity index (χ2v) is 9.44. The van der Waals surface area contributed by atoms with Gasteiger partial charge in [-0.05, 0) is 55.2 Å². The van der Waals surface area contributed by atoms with Gasteiger partial charge in [-0.25, -0.2) is 9.97 Å². The summed E-state index contributed by atoms with van der Waals surface area (Å²) in [6.45, 7) is 3.01. The Hall–Kier alpha value is -3.74. The minimum atomic E-state index is 0.164. The highest BCUT2D eigenvalue weighted by molar-refractivity contribution is 6.04. The molecule has 0 atom stereocenters. The molecule has 0 radical (unpaired) electrons. The lowest BCUT2D eigenvalue weighted by atomic mass is 10.1. The van der Waals surface area contributed by atoms with Crippen molar-refractivity contribution >= 4 is 45.4 Å². The molecule has 3 heterocycles. The molecule has 2 N–H and O–H groups in total. The summed E-state index contributed by atoms with van der Waals surface area (Å²) in [5.41, 5.74) is 11.8. The number of carbonyl (C=O) groups excluding carboxylic acids is 1. The zero-order valence-corrected chi connectivity index (χ0v) is 21.6.